The molecule has 2 N–H and O–H groups in total. The van der Waals surface area contributed by atoms with Crippen molar-refractivity contribution in [3.63, 3.8) is 0 Å². The Balaban J connectivity index is 1.35. The van der Waals surface area contributed by atoms with Crippen LogP contribution >= 0.6 is 0 Å². The van der Waals surface area contributed by atoms with E-state index in [9.17, 15) is 4.79 Å². The number of nitrogens with one attached hydrogen (secondary N) is 2. The first kappa shape index (κ1) is 18.6. The predicted octanol–water partition coefficient (Wildman–Crippen LogP) is 2.29. The maximum atomic E-state index is 12.3. The molecule has 0 saturated carbocycles. The molecule has 3 aromatic rings. The molecule has 0 radical (unpaired) electrons. The molecule has 4 rings (SSSR count). The number of ether oxygens (including phenoxy) is 1. The van der Waals surface area contributed by atoms with Gasteiger partial charge in [0.1, 0.15) is 17.1 Å². The van der Waals surface area contributed by atoms with Crippen molar-refractivity contribution < 1.29 is 23.3 Å². The standard InChI is InChI=1S/C22H26N2O4/c1-24(2)18(21-8-5-11-26-21)13-23-22(25)14-27-15-9-10-20-17(12-15)16-6-3-4-7-19(16)28-20/h5,8-12,18H,3-4,6-7,13-14H2,1-2H3,(H,23,25)/p+1/t18-/m0/s1. The fraction of sp³-hybridized carbons (Fsp3) is 0.409. The molecule has 1 amide bonds. The van der Waals surface area contributed by atoms with E-state index in [-0.39, 0.29) is 18.6 Å². The molecule has 2 heterocycles. The Kier molecular flexibility index (Phi) is 5.39. The molecule has 0 bridgehead atoms. The van der Waals surface area contributed by atoms with Crippen LogP contribution in [0.5, 0.6) is 5.75 Å². The van der Waals surface area contributed by atoms with Crippen molar-refractivity contribution in [2.75, 3.05) is 27.2 Å². The van der Waals surface area contributed by atoms with Gasteiger partial charge in [-0.1, -0.05) is 0 Å². The summed E-state index contributed by atoms with van der Waals surface area (Å²) in [5, 5.41) is 4.05. The van der Waals surface area contributed by atoms with Crippen LogP contribution in [0.4, 0.5) is 0 Å². The summed E-state index contributed by atoms with van der Waals surface area (Å²) in [6, 6.07) is 9.64. The molecule has 6 nitrogen and oxygen atoms in total. The van der Waals surface area contributed by atoms with Crippen LogP contribution in [0.3, 0.4) is 0 Å². The highest BCUT2D eigenvalue weighted by Gasteiger charge is 2.22. The van der Waals surface area contributed by atoms with Crippen LogP contribution in [0.1, 0.15) is 36.0 Å². The number of carbonyl (C=O) groups excluding carboxylic acids is 1. The molecule has 0 aliphatic heterocycles. The third-order valence-electron chi connectivity index (χ3n) is 5.38. The zero-order valence-electron chi connectivity index (χ0n) is 16.4. The van der Waals surface area contributed by atoms with Crippen molar-refractivity contribution in [3.05, 3.63) is 53.7 Å². The Hall–Kier alpha value is -2.73. The molecular formula is C22H27N2O4+. The van der Waals surface area contributed by atoms with Gasteiger partial charge in [-0.05, 0) is 49.6 Å². The van der Waals surface area contributed by atoms with Gasteiger partial charge in [-0.3, -0.25) is 4.79 Å². The minimum atomic E-state index is -0.146. The van der Waals surface area contributed by atoms with Gasteiger partial charge in [0.05, 0.1) is 26.9 Å². The Morgan fingerprint density at radius 2 is 2.11 bits per heavy atom. The maximum Gasteiger partial charge on any atom is 0.258 e. The quantitative estimate of drug-likeness (QED) is 0.657. The molecule has 1 aliphatic rings. The van der Waals surface area contributed by atoms with E-state index in [2.05, 4.69) is 5.32 Å². The highest BCUT2D eigenvalue weighted by molar-refractivity contribution is 5.84. The first-order chi connectivity index (χ1) is 13.6. The lowest BCUT2D eigenvalue weighted by Crippen LogP contribution is -3.07. The van der Waals surface area contributed by atoms with E-state index < -0.39 is 0 Å². The second-order valence-corrected chi connectivity index (χ2v) is 7.61. The number of quaternary nitrogens is 1. The Morgan fingerprint density at radius 1 is 1.25 bits per heavy atom. The van der Waals surface area contributed by atoms with Crippen LogP contribution in [-0.4, -0.2) is 33.2 Å². The average molecular weight is 383 g/mol. The van der Waals surface area contributed by atoms with E-state index in [0.29, 0.717) is 12.3 Å². The number of amides is 1. The molecule has 0 unspecified atom stereocenters. The zero-order valence-corrected chi connectivity index (χ0v) is 16.4. The number of rotatable bonds is 7. The number of carbonyl (C=O) groups is 1. The third kappa shape index (κ3) is 3.92. The highest BCUT2D eigenvalue weighted by Crippen LogP contribution is 2.33. The van der Waals surface area contributed by atoms with Crippen LogP contribution in [0, 0.1) is 0 Å². The Morgan fingerprint density at radius 3 is 2.89 bits per heavy atom. The summed E-state index contributed by atoms with van der Waals surface area (Å²) in [5.41, 5.74) is 2.20. The number of furan rings is 2. The van der Waals surface area contributed by atoms with Crippen molar-refractivity contribution >= 4 is 16.9 Å². The molecule has 0 saturated heterocycles. The molecule has 6 heteroatoms. The van der Waals surface area contributed by atoms with Crippen LogP contribution < -0.4 is 15.0 Å². The number of likely N-dealkylation sites (N-methyl/N-ethyl adjacent to an activating group) is 1. The van der Waals surface area contributed by atoms with Gasteiger partial charge < -0.3 is 23.8 Å². The van der Waals surface area contributed by atoms with E-state index in [1.54, 1.807) is 6.26 Å². The van der Waals surface area contributed by atoms with E-state index in [1.807, 2.05) is 44.4 Å². The number of fused-ring (bicyclic) bond motifs is 3. The van der Waals surface area contributed by atoms with Gasteiger partial charge in [-0.2, -0.15) is 0 Å². The molecule has 1 aromatic carbocycles. The molecular weight excluding hydrogens is 356 g/mol. The van der Waals surface area contributed by atoms with Gasteiger partial charge in [0.25, 0.3) is 5.91 Å². The minimum Gasteiger partial charge on any atom is -0.484 e. The molecule has 0 spiro atoms. The fourth-order valence-corrected chi connectivity index (χ4v) is 3.83. The normalized spacial score (nSPS) is 14.8. The van der Waals surface area contributed by atoms with E-state index >= 15 is 0 Å². The number of hydrogen-bond acceptors (Lipinski definition) is 4. The van der Waals surface area contributed by atoms with E-state index in [0.717, 1.165) is 35.3 Å². The lowest BCUT2D eigenvalue weighted by molar-refractivity contribution is -0.891. The second kappa shape index (κ2) is 8.10. The van der Waals surface area contributed by atoms with Crippen molar-refractivity contribution in [2.24, 2.45) is 0 Å². The van der Waals surface area contributed by atoms with Gasteiger partial charge in [-0.15, -0.1) is 0 Å². The molecule has 0 fully saturated rings. The average Bonchev–Trinajstić information content (AvgIpc) is 3.34. The predicted molar refractivity (Wildman–Crippen MR) is 106 cm³/mol. The van der Waals surface area contributed by atoms with Gasteiger partial charge >= 0.3 is 0 Å². The summed E-state index contributed by atoms with van der Waals surface area (Å²) in [4.78, 5) is 13.5. The third-order valence-corrected chi connectivity index (χ3v) is 5.38. The Bertz CT molecular complexity index is 943. The summed E-state index contributed by atoms with van der Waals surface area (Å²) in [6.07, 6.45) is 6.09. The molecule has 148 valence electrons. The first-order valence-corrected chi connectivity index (χ1v) is 9.89. The van der Waals surface area contributed by atoms with E-state index in [4.69, 9.17) is 13.6 Å². The summed E-state index contributed by atoms with van der Waals surface area (Å²) >= 11 is 0. The molecule has 28 heavy (non-hydrogen) atoms. The summed E-state index contributed by atoms with van der Waals surface area (Å²) in [7, 11) is 4.08. The van der Waals surface area contributed by atoms with Crippen LogP contribution in [0.2, 0.25) is 0 Å². The summed E-state index contributed by atoms with van der Waals surface area (Å²) in [5.74, 6) is 2.51. The number of aryl methyl sites for hydroxylation is 2. The van der Waals surface area contributed by atoms with Gasteiger partial charge in [0.2, 0.25) is 0 Å². The molecule has 1 atom stereocenters. The van der Waals surface area contributed by atoms with Crippen LogP contribution in [-0.2, 0) is 17.6 Å². The van der Waals surface area contributed by atoms with Crippen LogP contribution in [0.25, 0.3) is 11.0 Å². The van der Waals surface area contributed by atoms with Crippen molar-refractivity contribution in [2.45, 2.75) is 31.7 Å². The van der Waals surface area contributed by atoms with Crippen LogP contribution in [0.15, 0.2) is 45.4 Å². The van der Waals surface area contributed by atoms with Gasteiger partial charge in [0, 0.05) is 17.4 Å². The highest BCUT2D eigenvalue weighted by atomic mass is 16.5. The largest absolute Gasteiger partial charge is 0.484 e. The SMILES string of the molecule is C[NH+](C)[C@@H](CNC(=O)COc1ccc2oc3c(c2c1)CCCC3)c1ccco1. The fourth-order valence-electron chi connectivity index (χ4n) is 3.83. The van der Waals surface area contributed by atoms with Crippen molar-refractivity contribution in [1.29, 1.82) is 0 Å². The summed E-state index contributed by atoms with van der Waals surface area (Å²) in [6.45, 7) is 0.478. The van der Waals surface area contributed by atoms with Gasteiger partial charge in [0.15, 0.2) is 18.4 Å². The zero-order chi connectivity index (χ0) is 19.5. The molecule has 2 aromatic heterocycles. The molecule has 1 aliphatic carbocycles. The van der Waals surface area contributed by atoms with E-state index in [1.165, 1.54) is 23.3 Å². The summed E-state index contributed by atoms with van der Waals surface area (Å²) < 4.78 is 17.2. The van der Waals surface area contributed by atoms with Gasteiger partial charge in [-0.25, -0.2) is 0 Å². The monoisotopic (exact) mass is 383 g/mol. The lowest BCUT2D eigenvalue weighted by Gasteiger charge is -2.19. The topological polar surface area (TPSA) is 69.0 Å². The number of benzene rings is 1. The number of hydrogen-bond donors (Lipinski definition) is 2. The maximum absolute atomic E-state index is 12.3. The van der Waals surface area contributed by atoms with Crippen molar-refractivity contribution in [3.8, 4) is 5.75 Å². The second-order valence-electron chi connectivity index (χ2n) is 7.61. The smallest absolute Gasteiger partial charge is 0.258 e. The minimum absolute atomic E-state index is 0.0147. The lowest BCUT2D eigenvalue weighted by atomic mass is 9.96. The Labute approximate surface area is 164 Å². The first-order valence-electron chi connectivity index (χ1n) is 9.89. The van der Waals surface area contributed by atoms with Crippen molar-refractivity contribution in [1.82, 2.24) is 5.32 Å².